The van der Waals surface area contributed by atoms with Gasteiger partial charge in [0.05, 0.1) is 11.3 Å². The normalized spacial score (nSPS) is 27.6. The van der Waals surface area contributed by atoms with E-state index in [1.54, 1.807) is 0 Å². The highest BCUT2D eigenvalue weighted by Gasteiger charge is 2.47. The van der Waals surface area contributed by atoms with Crippen LogP contribution in [0.15, 0.2) is 6.07 Å². The Morgan fingerprint density at radius 1 is 1.41 bits per heavy atom. The molecule has 1 saturated carbocycles. The molecule has 3 nitrogen and oxygen atoms in total. The number of aromatic nitrogens is 2. The van der Waals surface area contributed by atoms with Crippen LogP contribution in [-0.4, -0.2) is 20.5 Å². The van der Waals surface area contributed by atoms with E-state index in [0.717, 1.165) is 43.5 Å². The molecule has 1 heterocycles. The van der Waals surface area contributed by atoms with Crippen molar-refractivity contribution < 1.29 is 5.11 Å². The molecule has 0 aliphatic heterocycles. The van der Waals surface area contributed by atoms with Gasteiger partial charge in [-0.1, -0.05) is 20.8 Å². The van der Waals surface area contributed by atoms with Crippen LogP contribution in [-0.2, 0) is 19.9 Å². The molecular weight excluding hydrogens is 212 g/mol. The first-order chi connectivity index (χ1) is 7.88. The van der Waals surface area contributed by atoms with Crippen LogP contribution in [0.25, 0.3) is 0 Å². The Morgan fingerprint density at radius 2 is 2.12 bits per heavy atom. The van der Waals surface area contributed by atoms with Gasteiger partial charge >= 0.3 is 0 Å². The van der Waals surface area contributed by atoms with Gasteiger partial charge in [-0.15, -0.1) is 0 Å². The predicted octanol–water partition coefficient (Wildman–Crippen LogP) is 2.47. The number of hydrogen-bond acceptors (Lipinski definition) is 2. The fraction of sp³-hybridized carbons (Fsp3) is 0.786. The average molecular weight is 236 g/mol. The van der Waals surface area contributed by atoms with Crippen molar-refractivity contribution in [3.63, 3.8) is 0 Å². The first-order valence-corrected chi connectivity index (χ1v) is 6.62. The summed E-state index contributed by atoms with van der Waals surface area (Å²) in [7, 11) is 1.97. The van der Waals surface area contributed by atoms with Gasteiger partial charge in [-0.05, 0) is 37.2 Å². The van der Waals surface area contributed by atoms with Gasteiger partial charge in [-0.2, -0.15) is 5.10 Å². The molecule has 0 spiro atoms. The lowest BCUT2D eigenvalue weighted by molar-refractivity contribution is -0.0432. The molecule has 0 aromatic carbocycles. The summed E-state index contributed by atoms with van der Waals surface area (Å²) in [6, 6.07) is 2.13. The molecule has 1 unspecified atom stereocenters. The third kappa shape index (κ3) is 2.13. The van der Waals surface area contributed by atoms with Crippen molar-refractivity contribution in [3.05, 3.63) is 17.5 Å². The molecule has 1 atom stereocenters. The van der Waals surface area contributed by atoms with E-state index in [2.05, 4.69) is 31.9 Å². The van der Waals surface area contributed by atoms with E-state index in [4.69, 9.17) is 0 Å². The maximum atomic E-state index is 10.8. The van der Waals surface area contributed by atoms with Gasteiger partial charge in [0.1, 0.15) is 0 Å². The van der Waals surface area contributed by atoms with Crippen LogP contribution < -0.4 is 0 Å². The molecule has 0 amide bonds. The first-order valence-electron chi connectivity index (χ1n) is 6.62. The van der Waals surface area contributed by atoms with E-state index < -0.39 is 5.60 Å². The monoisotopic (exact) mass is 236 g/mol. The summed E-state index contributed by atoms with van der Waals surface area (Å²) in [5.74, 6) is 0. The maximum Gasteiger partial charge on any atom is 0.0753 e. The van der Waals surface area contributed by atoms with Gasteiger partial charge in [0.15, 0.2) is 0 Å². The molecule has 0 saturated heterocycles. The lowest BCUT2D eigenvalue weighted by Crippen LogP contribution is -2.42. The van der Waals surface area contributed by atoms with Crippen molar-refractivity contribution in [2.75, 3.05) is 0 Å². The third-order valence-electron chi connectivity index (χ3n) is 4.52. The zero-order valence-electron chi connectivity index (χ0n) is 11.5. The largest absolute Gasteiger partial charge is 0.389 e. The zero-order chi connectivity index (χ0) is 12.7. The van der Waals surface area contributed by atoms with Crippen molar-refractivity contribution >= 4 is 0 Å². The van der Waals surface area contributed by atoms with Gasteiger partial charge in [-0.3, -0.25) is 4.68 Å². The van der Waals surface area contributed by atoms with Gasteiger partial charge < -0.3 is 5.11 Å². The molecule has 1 aliphatic carbocycles. The molecular formula is C14H24N2O. The van der Waals surface area contributed by atoms with E-state index in [9.17, 15) is 5.11 Å². The highest BCUT2D eigenvalue weighted by molar-refractivity contribution is 5.15. The Kier molecular flexibility index (Phi) is 3.06. The average Bonchev–Trinajstić information content (AvgIpc) is 2.70. The Morgan fingerprint density at radius 3 is 2.59 bits per heavy atom. The van der Waals surface area contributed by atoms with Crippen LogP contribution >= 0.6 is 0 Å². The van der Waals surface area contributed by atoms with Crippen LogP contribution in [0, 0.1) is 5.41 Å². The molecule has 17 heavy (non-hydrogen) atoms. The van der Waals surface area contributed by atoms with E-state index in [-0.39, 0.29) is 5.41 Å². The van der Waals surface area contributed by atoms with Crippen LogP contribution in [0.2, 0.25) is 0 Å². The fourth-order valence-corrected chi connectivity index (χ4v) is 2.93. The quantitative estimate of drug-likeness (QED) is 0.875. The molecule has 1 aromatic rings. The van der Waals surface area contributed by atoms with Crippen LogP contribution in [0.1, 0.15) is 51.4 Å². The number of nitrogens with zero attached hydrogens (tertiary/aromatic N) is 2. The molecule has 2 rings (SSSR count). The Balaban J connectivity index is 2.22. The molecule has 1 fully saturated rings. The molecule has 96 valence electrons. The smallest absolute Gasteiger partial charge is 0.0753 e. The predicted molar refractivity (Wildman–Crippen MR) is 68.9 cm³/mol. The highest BCUT2D eigenvalue weighted by atomic mass is 16.3. The van der Waals surface area contributed by atoms with Crippen molar-refractivity contribution in [3.8, 4) is 0 Å². The van der Waals surface area contributed by atoms with E-state index in [1.807, 2.05) is 11.7 Å². The van der Waals surface area contributed by atoms with Crippen molar-refractivity contribution in [1.82, 2.24) is 9.78 Å². The Labute approximate surface area is 104 Å². The fourth-order valence-electron chi connectivity index (χ4n) is 2.93. The minimum atomic E-state index is -0.564. The summed E-state index contributed by atoms with van der Waals surface area (Å²) in [6.07, 6.45) is 4.83. The van der Waals surface area contributed by atoms with E-state index in [0.29, 0.717) is 0 Å². The first kappa shape index (κ1) is 12.6. The number of hydrogen-bond donors (Lipinski definition) is 1. The molecule has 1 aliphatic rings. The summed E-state index contributed by atoms with van der Waals surface area (Å²) in [6.45, 7) is 6.47. The lowest BCUT2D eigenvalue weighted by Gasteiger charge is -2.36. The second kappa shape index (κ2) is 4.13. The number of rotatable bonds is 3. The summed E-state index contributed by atoms with van der Waals surface area (Å²) >= 11 is 0. The number of aryl methyl sites for hydroxylation is 2. The summed E-state index contributed by atoms with van der Waals surface area (Å²) in [5, 5.41) is 15.3. The summed E-state index contributed by atoms with van der Waals surface area (Å²) in [4.78, 5) is 0. The van der Waals surface area contributed by atoms with Crippen LogP contribution in [0.3, 0.4) is 0 Å². The van der Waals surface area contributed by atoms with Crippen molar-refractivity contribution in [2.24, 2.45) is 12.5 Å². The van der Waals surface area contributed by atoms with Gasteiger partial charge in [0.25, 0.3) is 0 Å². The van der Waals surface area contributed by atoms with E-state index >= 15 is 0 Å². The summed E-state index contributed by atoms with van der Waals surface area (Å²) in [5.41, 5.74) is 1.72. The Bertz CT molecular complexity index is 408. The zero-order valence-corrected chi connectivity index (χ0v) is 11.5. The van der Waals surface area contributed by atoms with Crippen LogP contribution in [0.5, 0.6) is 0 Å². The molecule has 1 aromatic heterocycles. The van der Waals surface area contributed by atoms with Crippen molar-refractivity contribution in [2.45, 2.75) is 58.5 Å². The Hall–Kier alpha value is -0.830. The van der Waals surface area contributed by atoms with Gasteiger partial charge in [0.2, 0.25) is 0 Å². The van der Waals surface area contributed by atoms with Gasteiger partial charge in [-0.25, -0.2) is 0 Å². The third-order valence-corrected chi connectivity index (χ3v) is 4.52. The minimum Gasteiger partial charge on any atom is -0.389 e. The van der Waals surface area contributed by atoms with Gasteiger partial charge in [0, 0.05) is 19.2 Å². The second-order valence-corrected chi connectivity index (χ2v) is 6.05. The lowest BCUT2D eigenvalue weighted by atomic mass is 9.75. The standard InChI is InChI=1S/C14H24N2O/c1-5-11-9-12(16(4)15-11)10-14(17)8-6-7-13(14,2)3/h9,17H,5-8,10H2,1-4H3. The highest BCUT2D eigenvalue weighted by Crippen LogP contribution is 2.47. The SMILES string of the molecule is CCc1cc(CC2(O)CCCC2(C)C)n(C)n1. The van der Waals surface area contributed by atoms with Crippen LogP contribution in [0.4, 0.5) is 0 Å². The molecule has 0 bridgehead atoms. The maximum absolute atomic E-state index is 10.8. The number of aliphatic hydroxyl groups is 1. The molecule has 1 N–H and O–H groups in total. The van der Waals surface area contributed by atoms with Crippen molar-refractivity contribution in [1.29, 1.82) is 0 Å². The molecule has 0 radical (unpaired) electrons. The van der Waals surface area contributed by atoms with E-state index in [1.165, 1.54) is 0 Å². The minimum absolute atomic E-state index is 0.0175. The molecule has 3 heteroatoms. The topological polar surface area (TPSA) is 38.0 Å². The second-order valence-electron chi connectivity index (χ2n) is 6.05. The summed E-state index contributed by atoms with van der Waals surface area (Å²) < 4.78 is 1.92.